The number of pyridine rings is 1. The molecule has 0 saturated heterocycles. The SMILES string of the molecule is CNCC(=O)NCCCc1nc(-c2ccncc2)cs1.Cl. The van der Waals surface area contributed by atoms with Crippen LogP contribution in [0.3, 0.4) is 0 Å². The molecular formula is C14H19ClN4OS. The molecule has 0 aromatic carbocycles. The molecule has 0 fully saturated rings. The Balaban J connectivity index is 0.00000220. The average Bonchev–Trinajstić information content (AvgIpc) is 2.94. The molecule has 0 aliphatic carbocycles. The Morgan fingerprint density at radius 3 is 2.81 bits per heavy atom. The Labute approximate surface area is 134 Å². The lowest BCUT2D eigenvalue weighted by Gasteiger charge is -2.03. The number of aryl methyl sites for hydroxylation is 1. The van der Waals surface area contributed by atoms with E-state index in [1.165, 1.54) is 0 Å². The molecule has 21 heavy (non-hydrogen) atoms. The van der Waals surface area contributed by atoms with Gasteiger partial charge in [0.1, 0.15) is 0 Å². The minimum atomic E-state index is 0. The predicted molar refractivity (Wildman–Crippen MR) is 87.9 cm³/mol. The summed E-state index contributed by atoms with van der Waals surface area (Å²) in [7, 11) is 1.76. The van der Waals surface area contributed by atoms with Crippen LogP contribution in [0.25, 0.3) is 11.3 Å². The van der Waals surface area contributed by atoms with Gasteiger partial charge in [0.2, 0.25) is 5.91 Å². The second kappa shape index (κ2) is 9.44. The van der Waals surface area contributed by atoms with Gasteiger partial charge in [-0.2, -0.15) is 0 Å². The normalized spacial score (nSPS) is 9.95. The van der Waals surface area contributed by atoms with Crippen molar-refractivity contribution in [2.45, 2.75) is 12.8 Å². The summed E-state index contributed by atoms with van der Waals surface area (Å²) in [6.07, 6.45) is 5.33. The second-order valence-electron chi connectivity index (χ2n) is 4.35. The zero-order chi connectivity index (χ0) is 14.2. The summed E-state index contributed by atoms with van der Waals surface area (Å²) >= 11 is 1.66. The summed E-state index contributed by atoms with van der Waals surface area (Å²) in [6, 6.07) is 3.91. The maximum Gasteiger partial charge on any atom is 0.233 e. The van der Waals surface area contributed by atoms with Crippen LogP contribution in [0, 0.1) is 0 Å². The molecule has 0 aliphatic rings. The molecule has 0 atom stereocenters. The van der Waals surface area contributed by atoms with Crippen LogP contribution < -0.4 is 10.6 Å². The molecule has 0 saturated carbocycles. The number of thiazole rings is 1. The van der Waals surface area contributed by atoms with E-state index in [2.05, 4.69) is 26.0 Å². The molecule has 2 rings (SSSR count). The number of carbonyl (C=O) groups is 1. The van der Waals surface area contributed by atoms with Gasteiger partial charge >= 0.3 is 0 Å². The van der Waals surface area contributed by atoms with Crippen LogP contribution in [0.4, 0.5) is 0 Å². The van der Waals surface area contributed by atoms with E-state index in [-0.39, 0.29) is 18.3 Å². The molecule has 0 spiro atoms. The van der Waals surface area contributed by atoms with E-state index in [0.717, 1.165) is 29.1 Å². The molecule has 2 heterocycles. The number of hydrogen-bond donors (Lipinski definition) is 2. The molecule has 0 aliphatic heterocycles. The smallest absolute Gasteiger partial charge is 0.233 e. The van der Waals surface area contributed by atoms with E-state index < -0.39 is 0 Å². The zero-order valence-corrected chi connectivity index (χ0v) is 13.5. The molecular weight excluding hydrogens is 308 g/mol. The fourth-order valence-electron chi connectivity index (χ4n) is 1.77. The van der Waals surface area contributed by atoms with Gasteiger partial charge in [-0.15, -0.1) is 23.7 Å². The molecule has 2 aromatic heterocycles. The molecule has 0 unspecified atom stereocenters. The first-order valence-electron chi connectivity index (χ1n) is 6.55. The number of nitrogens with zero attached hydrogens (tertiary/aromatic N) is 2. The van der Waals surface area contributed by atoms with Crippen LogP contribution in [-0.2, 0) is 11.2 Å². The van der Waals surface area contributed by atoms with Gasteiger partial charge in [-0.3, -0.25) is 9.78 Å². The molecule has 0 bridgehead atoms. The number of halogens is 1. The summed E-state index contributed by atoms with van der Waals surface area (Å²) in [5.74, 6) is 0.0316. The number of nitrogens with one attached hydrogen (secondary N) is 2. The van der Waals surface area contributed by atoms with Crippen LogP contribution in [0.5, 0.6) is 0 Å². The van der Waals surface area contributed by atoms with E-state index in [0.29, 0.717) is 13.1 Å². The van der Waals surface area contributed by atoms with Crippen molar-refractivity contribution < 1.29 is 4.79 Å². The highest BCUT2D eigenvalue weighted by Crippen LogP contribution is 2.21. The number of carbonyl (C=O) groups excluding carboxylic acids is 1. The minimum absolute atomic E-state index is 0. The summed E-state index contributed by atoms with van der Waals surface area (Å²) in [5.41, 5.74) is 2.08. The van der Waals surface area contributed by atoms with Crippen molar-refractivity contribution in [3.05, 3.63) is 34.9 Å². The fraction of sp³-hybridized carbons (Fsp3) is 0.357. The first-order valence-corrected chi connectivity index (χ1v) is 7.43. The Morgan fingerprint density at radius 2 is 2.10 bits per heavy atom. The topological polar surface area (TPSA) is 66.9 Å². The predicted octanol–water partition coefficient (Wildman–Crippen LogP) is 1.90. The van der Waals surface area contributed by atoms with Crippen molar-refractivity contribution in [2.75, 3.05) is 20.1 Å². The van der Waals surface area contributed by atoms with Crippen LogP contribution in [0.2, 0.25) is 0 Å². The summed E-state index contributed by atoms with van der Waals surface area (Å²) in [6.45, 7) is 1.05. The summed E-state index contributed by atoms with van der Waals surface area (Å²) in [5, 5.41) is 8.84. The molecule has 0 radical (unpaired) electrons. The highest BCUT2D eigenvalue weighted by molar-refractivity contribution is 7.09. The molecule has 1 amide bonds. The molecule has 2 N–H and O–H groups in total. The van der Waals surface area contributed by atoms with Crippen LogP contribution in [0.15, 0.2) is 29.9 Å². The van der Waals surface area contributed by atoms with Crippen molar-refractivity contribution in [2.24, 2.45) is 0 Å². The van der Waals surface area contributed by atoms with E-state index in [9.17, 15) is 4.79 Å². The van der Waals surface area contributed by atoms with Crippen molar-refractivity contribution in [3.8, 4) is 11.3 Å². The minimum Gasteiger partial charge on any atom is -0.355 e. The fourth-order valence-corrected chi connectivity index (χ4v) is 2.62. The van der Waals surface area contributed by atoms with Gasteiger partial charge in [0.25, 0.3) is 0 Å². The third-order valence-electron chi connectivity index (χ3n) is 2.75. The first-order chi connectivity index (χ1) is 9.79. The first kappa shape index (κ1) is 17.6. The third kappa shape index (κ3) is 5.79. The van der Waals surface area contributed by atoms with Crippen molar-refractivity contribution in [3.63, 3.8) is 0 Å². The van der Waals surface area contributed by atoms with Gasteiger partial charge in [-0.25, -0.2) is 4.98 Å². The van der Waals surface area contributed by atoms with Crippen LogP contribution >= 0.6 is 23.7 Å². The summed E-state index contributed by atoms with van der Waals surface area (Å²) < 4.78 is 0. The van der Waals surface area contributed by atoms with Gasteiger partial charge in [0.15, 0.2) is 0 Å². The molecule has 5 nitrogen and oxygen atoms in total. The lowest BCUT2D eigenvalue weighted by Crippen LogP contribution is -2.32. The van der Waals surface area contributed by atoms with Gasteiger partial charge in [-0.1, -0.05) is 0 Å². The maximum absolute atomic E-state index is 11.3. The van der Waals surface area contributed by atoms with Crippen molar-refractivity contribution >= 4 is 29.7 Å². The van der Waals surface area contributed by atoms with E-state index in [4.69, 9.17) is 0 Å². The lowest BCUT2D eigenvalue weighted by molar-refractivity contribution is -0.120. The zero-order valence-electron chi connectivity index (χ0n) is 11.8. The van der Waals surface area contributed by atoms with Crippen LogP contribution in [0.1, 0.15) is 11.4 Å². The van der Waals surface area contributed by atoms with Crippen molar-refractivity contribution in [1.82, 2.24) is 20.6 Å². The number of rotatable bonds is 7. The standard InChI is InChI=1S/C14H18N4OS.ClH/c1-15-9-13(19)17-6-2-3-14-18-12(10-20-14)11-4-7-16-8-5-11;/h4-5,7-8,10,15H,2-3,6,9H2,1H3,(H,17,19);1H. The van der Waals surface area contributed by atoms with E-state index >= 15 is 0 Å². The number of likely N-dealkylation sites (N-methyl/N-ethyl adjacent to an activating group) is 1. The van der Waals surface area contributed by atoms with Gasteiger partial charge in [0, 0.05) is 36.3 Å². The summed E-state index contributed by atoms with van der Waals surface area (Å²) in [4.78, 5) is 19.9. The van der Waals surface area contributed by atoms with Crippen molar-refractivity contribution in [1.29, 1.82) is 0 Å². The highest BCUT2D eigenvalue weighted by Gasteiger charge is 2.04. The third-order valence-corrected chi connectivity index (χ3v) is 3.66. The van der Waals surface area contributed by atoms with Gasteiger partial charge in [-0.05, 0) is 25.6 Å². The maximum atomic E-state index is 11.3. The van der Waals surface area contributed by atoms with E-state index in [1.807, 2.05) is 12.1 Å². The second-order valence-corrected chi connectivity index (χ2v) is 5.29. The monoisotopic (exact) mass is 326 g/mol. The quantitative estimate of drug-likeness (QED) is 0.763. The Kier molecular flexibility index (Phi) is 7.89. The Bertz CT molecular complexity index is 547. The average molecular weight is 327 g/mol. The number of aromatic nitrogens is 2. The molecule has 114 valence electrons. The Hall–Kier alpha value is -1.50. The van der Waals surface area contributed by atoms with Gasteiger partial charge < -0.3 is 10.6 Å². The van der Waals surface area contributed by atoms with Crippen LogP contribution in [-0.4, -0.2) is 36.0 Å². The largest absolute Gasteiger partial charge is 0.355 e. The molecule has 7 heteroatoms. The van der Waals surface area contributed by atoms with Gasteiger partial charge in [0.05, 0.1) is 17.2 Å². The number of hydrogen-bond acceptors (Lipinski definition) is 5. The number of amides is 1. The lowest BCUT2D eigenvalue weighted by atomic mass is 10.2. The highest BCUT2D eigenvalue weighted by atomic mass is 35.5. The van der Waals surface area contributed by atoms with E-state index in [1.54, 1.807) is 30.8 Å². The molecule has 2 aromatic rings. The Morgan fingerprint density at radius 1 is 1.33 bits per heavy atom.